The van der Waals surface area contributed by atoms with E-state index in [-0.39, 0.29) is 11.9 Å². The van der Waals surface area contributed by atoms with Gasteiger partial charge in [-0.25, -0.2) is 0 Å². The van der Waals surface area contributed by atoms with Crippen LogP contribution in [0.3, 0.4) is 0 Å². The van der Waals surface area contributed by atoms with Crippen LogP contribution in [0.25, 0.3) is 0 Å². The molecule has 1 heterocycles. The third-order valence-electron chi connectivity index (χ3n) is 4.57. The molecule has 4 heteroatoms. The molecule has 19 heavy (non-hydrogen) atoms. The lowest BCUT2D eigenvalue weighted by Gasteiger charge is -2.33. The van der Waals surface area contributed by atoms with Gasteiger partial charge in [-0.3, -0.25) is 4.79 Å². The first-order valence-corrected chi connectivity index (χ1v) is 7.65. The Morgan fingerprint density at radius 3 is 2.53 bits per heavy atom. The lowest BCUT2D eigenvalue weighted by atomic mass is 9.86. The molecule has 2 aliphatic rings. The third-order valence-corrected chi connectivity index (χ3v) is 4.57. The number of hydrogen-bond acceptors (Lipinski definition) is 3. The second-order valence-electron chi connectivity index (χ2n) is 5.99. The van der Waals surface area contributed by atoms with Gasteiger partial charge in [0.05, 0.1) is 6.07 Å². The summed E-state index contributed by atoms with van der Waals surface area (Å²) in [5.74, 6) is -0.0126. The predicted molar refractivity (Wildman–Crippen MR) is 74.4 cm³/mol. The van der Waals surface area contributed by atoms with Crippen molar-refractivity contribution in [3.63, 3.8) is 0 Å². The Hall–Kier alpha value is -1.08. The van der Waals surface area contributed by atoms with E-state index in [4.69, 9.17) is 0 Å². The number of carbonyl (C=O) groups is 1. The number of piperidine rings is 1. The first-order valence-electron chi connectivity index (χ1n) is 7.65. The molecule has 0 spiro atoms. The van der Waals surface area contributed by atoms with Crippen LogP contribution in [0.5, 0.6) is 0 Å². The van der Waals surface area contributed by atoms with Crippen molar-refractivity contribution in [1.82, 2.24) is 10.2 Å². The molecule has 0 radical (unpaired) electrons. The zero-order valence-corrected chi connectivity index (χ0v) is 12.0. The van der Waals surface area contributed by atoms with Gasteiger partial charge < -0.3 is 10.2 Å². The van der Waals surface area contributed by atoms with Gasteiger partial charge in [-0.05, 0) is 38.6 Å². The molecule has 1 aliphatic heterocycles. The molecule has 0 atom stereocenters. The molecule has 0 unspecified atom stereocenters. The summed E-state index contributed by atoms with van der Waals surface area (Å²) in [5.41, 5.74) is -0.722. The van der Waals surface area contributed by atoms with Gasteiger partial charge in [-0.2, -0.15) is 5.26 Å². The van der Waals surface area contributed by atoms with Gasteiger partial charge in [-0.1, -0.05) is 19.8 Å². The smallest absolute Gasteiger partial charge is 0.240 e. The maximum atomic E-state index is 12.3. The van der Waals surface area contributed by atoms with Gasteiger partial charge in [0.25, 0.3) is 0 Å². The van der Waals surface area contributed by atoms with E-state index in [9.17, 15) is 10.1 Å². The fourth-order valence-electron chi connectivity index (χ4n) is 3.31. The van der Waals surface area contributed by atoms with Crippen LogP contribution in [0.2, 0.25) is 0 Å². The van der Waals surface area contributed by atoms with E-state index in [0.29, 0.717) is 0 Å². The summed E-state index contributed by atoms with van der Waals surface area (Å²) in [6.07, 6.45) is 6.73. The molecule has 1 saturated heterocycles. The first kappa shape index (κ1) is 14.3. The van der Waals surface area contributed by atoms with Gasteiger partial charge in [0, 0.05) is 19.1 Å². The second-order valence-corrected chi connectivity index (χ2v) is 5.99. The van der Waals surface area contributed by atoms with Gasteiger partial charge in [0.15, 0.2) is 0 Å². The lowest BCUT2D eigenvalue weighted by Crippen LogP contribution is -2.48. The zero-order chi connectivity index (χ0) is 13.7. The number of carbonyl (C=O) groups excluding carboxylic acids is 1. The summed E-state index contributed by atoms with van der Waals surface area (Å²) in [5, 5.41) is 12.4. The molecule has 1 amide bonds. The summed E-state index contributed by atoms with van der Waals surface area (Å²) >= 11 is 0. The SMILES string of the molecule is CCCN1CCC(NC(=O)C2(C#N)CCCC2)CC1. The Labute approximate surface area is 116 Å². The topological polar surface area (TPSA) is 56.1 Å². The van der Waals surface area contributed by atoms with Crippen LogP contribution in [0, 0.1) is 16.7 Å². The second kappa shape index (κ2) is 6.38. The summed E-state index contributed by atoms with van der Waals surface area (Å²) in [4.78, 5) is 14.8. The number of nitrogens with one attached hydrogen (secondary N) is 1. The minimum absolute atomic E-state index is 0.0126. The van der Waals surface area contributed by atoms with Crippen molar-refractivity contribution >= 4 is 5.91 Å². The molecule has 1 aliphatic carbocycles. The van der Waals surface area contributed by atoms with Crippen molar-refractivity contribution in [3.8, 4) is 6.07 Å². The fourth-order valence-corrected chi connectivity index (χ4v) is 3.31. The van der Waals surface area contributed by atoms with E-state index < -0.39 is 5.41 Å². The molecule has 2 fully saturated rings. The van der Waals surface area contributed by atoms with Crippen LogP contribution in [0.15, 0.2) is 0 Å². The lowest BCUT2D eigenvalue weighted by molar-refractivity contribution is -0.129. The van der Waals surface area contributed by atoms with Gasteiger partial charge >= 0.3 is 0 Å². The molecule has 0 bridgehead atoms. The highest BCUT2D eigenvalue weighted by atomic mass is 16.2. The normalized spacial score (nSPS) is 24.0. The van der Waals surface area contributed by atoms with Crippen LogP contribution >= 0.6 is 0 Å². The first-order chi connectivity index (χ1) is 9.20. The quantitative estimate of drug-likeness (QED) is 0.844. The molecule has 106 valence electrons. The number of amides is 1. The van der Waals surface area contributed by atoms with Crippen molar-refractivity contribution in [3.05, 3.63) is 0 Å². The number of hydrogen-bond donors (Lipinski definition) is 1. The Balaban J connectivity index is 1.82. The predicted octanol–water partition coefficient (Wildman–Crippen LogP) is 2.06. The van der Waals surface area contributed by atoms with E-state index in [1.165, 1.54) is 6.42 Å². The fraction of sp³-hybridized carbons (Fsp3) is 0.867. The summed E-state index contributed by atoms with van der Waals surface area (Å²) in [7, 11) is 0. The van der Waals surface area contributed by atoms with E-state index in [1.54, 1.807) is 0 Å². The summed E-state index contributed by atoms with van der Waals surface area (Å²) < 4.78 is 0. The number of nitriles is 1. The van der Waals surface area contributed by atoms with Crippen LogP contribution in [0.4, 0.5) is 0 Å². The van der Waals surface area contributed by atoms with E-state index in [1.807, 2.05) is 0 Å². The molecule has 4 nitrogen and oxygen atoms in total. The number of likely N-dealkylation sites (tertiary alicyclic amines) is 1. The number of rotatable bonds is 4. The van der Waals surface area contributed by atoms with Crippen LogP contribution in [-0.4, -0.2) is 36.5 Å². The molecular weight excluding hydrogens is 238 g/mol. The summed E-state index contributed by atoms with van der Waals surface area (Å²) in [6.45, 7) is 5.49. The summed E-state index contributed by atoms with van der Waals surface area (Å²) in [6, 6.07) is 2.54. The molecule has 0 aromatic heterocycles. The van der Waals surface area contributed by atoms with Crippen LogP contribution in [0.1, 0.15) is 51.9 Å². The van der Waals surface area contributed by atoms with Crippen molar-refractivity contribution < 1.29 is 4.79 Å². The van der Waals surface area contributed by atoms with Gasteiger partial charge in [0.2, 0.25) is 5.91 Å². The Kier molecular flexibility index (Phi) is 4.81. The minimum Gasteiger partial charge on any atom is -0.352 e. The van der Waals surface area contributed by atoms with Crippen molar-refractivity contribution in [2.45, 2.75) is 57.9 Å². The number of nitrogens with zero attached hydrogens (tertiary/aromatic N) is 2. The van der Waals surface area contributed by atoms with Crippen molar-refractivity contribution in [1.29, 1.82) is 5.26 Å². The Morgan fingerprint density at radius 1 is 1.37 bits per heavy atom. The average Bonchev–Trinajstić information content (AvgIpc) is 2.91. The highest BCUT2D eigenvalue weighted by molar-refractivity contribution is 5.85. The maximum Gasteiger partial charge on any atom is 0.240 e. The van der Waals surface area contributed by atoms with E-state index in [0.717, 1.165) is 58.2 Å². The third kappa shape index (κ3) is 3.27. The minimum atomic E-state index is -0.722. The Morgan fingerprint density at radius 2 is 2.00 bits per heavy atom. The molecule has 2 rings (SSSR count). The van der Waals surface area contributed by atoms with Crippen LogP contribution < -0.4 is 5.32 Å². The standard InChI is InChI=1S/C15H25N3O/c1-2-9-18-10-5-13(6-11-18)17-14(19)15(12-16)7-3-4-8-15/h13H,2-11H2,1H3,(H,17,19). The maximum absolute atomic E-state index is 12.3. The Bertz CT molecular complexity index is 347. The monoisotopic (exact) mass is 263 g/mol. The highest BCUT2D eigenvalue weighted by Gasteiger charge is 2.42. The van der Waals surface area contributed by atoms with Crippen molar-refractivity contribution in [2.75, 3.05) is 19.6 Å². The molecule has 1 N–H and O–H groups in total. The van der Waals surface area contributed by atoms with E-state index in [2.05, 4.69) is 23.2 Å². The molecule has 1 saturated carbocycles. The zero-order valence-electron chi connectivity index (χ0n) is 12.0. The van der Waals surface area contributed by atoms with E-state index >= 15 is 0 Å². The average molecular weight is 263 g/mol. The van der Waals surface area contributed by atoms with Gasteiger partial charge in [0.1, 0.15) is 5.41 Å². The molecule has 0 aromatic rings. The van der Waals surface area contributed by atoms with Crippen molar-refractivity contribution in [2.24, 2.45) is 5.41 Å². The van der Waals surface area contributed by atoms with Gasteiger partial charge in [-0.15, -0.1) is 0 Å². The largest absolute Gasteiger partial charge is 0.352 e. The van der Waals surface area contributed by atoms with Crippen LogP contribution in [-0.2, 0) is 4.79 Å². The molecular formula is C15H25N3O. The highest BCUT2D eigenvalue weighted by Crippen LogP contribution is 2.37. The molecule has 0 aromatic carbocycles.